The van der Waals surface area contributed by atoms with E-state index in [1.165, 1.54) is 11.8 Å². The summed E-state index contributed by atoms with van der Waals surface area (Å²) in [6, 6.07) is 0. The van der Waals surface area contributed by atoms with Crippen molar-refractivity contribution in [3.05, 3.63) is 0 Å². The molecule has 2 heterocycles. The van der Waals surface area contributed by atoms with Gasteiger partial charge in [-0.3, -0.25) is 4.79 Å². The number of amides is 1. The Hall–Kier alpha value is -0.310. The zero-order valence-corrected chi connectivity index (χ0v) is 13.0. The molecule has 2 aliphatic rings. The van der Waals surface area contributed by atoms with Crippen LogP contribution in [0.4, 0.5) is 0 Å². The summed E-state index contributed by atoms with van der Waals surface area (Å²) in [6.45, 7) is 1.26. The first-order chi connectivity index (χ1) is 9.39. The largest absolute Gasteiger partial charge is 0.388 e. The van der Waals surface area contributed by atoms with E-state index in [2.05, 4.69) is 5.32 Å². The average molecular weight is 323 g/mol. The van der Waals surface area contributed by atoms with Crippen LogP contribution in [0.15, 0.2) is 0 Å². The second kappa shape index (κ2) is 6.64. The van der Waals surface area contributed by atoms with Gasteiger partial charge >= 0.3 is 0 Å². The molecular formula is C12H21NO5S2. The van der Waals surface area contributed by atoms with E-state index in [-0.39, 0.29) is 35.0 Å². The monoisotopic (exact) mass is 323 g/mol. The van der Waals surface area contributed by atoms with Crippen LogP contribution in [0.3, 0.4) is 0 Å². The molecule has 2 rings (SSSR count). The second-order valence-corrected chi connectivity index (χ2v) is 8.97. The van der Waals surface area contributed by atoms with Crippen molar-refractivity contribution >= 4 is 27.5 Å². The predicted molar refractivity (Wildman–Crippen MR) is 77.5 cm³/mol. The van der Waals surface area contributed by atoms with Crippen LogP contribution >= 0.6 is 11.8 Å². The average Bonchev–Trinajstić information content (AvgIpc) is 2.75. The quantitative estimate of drug-likeness (QED) is 0.713. The summed E-state index contributed by atoms with van der Waals surface area (Å²) in [6.07, 6.45) is 1.68. The lowest BCUT2D eigenvalue weighted by molar-refractivity contribution is -0.121. The molecule has 0 spiro atoms. The van der Waals surface area contributed by atoms with Crippen molar-refractivity contribution in [2.45, 2.75) is 30.1 Å². The number of hydrogen-bond acceptors (Lipinski definition) is 6. The minimum atomic E-state index is -2.89. The number of thioether (sulfide) groups is 1. The van der Waals surface area contributed by atoms with Gasteiger partial charge in [-0.2, -0.15) is 0 Å². The smallest absolute Gasteiger partial charge is 0.230 e. The van der Waals surface area contributed by atoms with E-state index in [0.29, 0.717) is 32.5 Å². The molecule has 2 fully saturated rings. The Morgan fingerprint density at radius 2 is 2.10 bits per heavy atom. The Balaban J connectivity index is 1.65. The summed E-state index contributed by atoms with van der Waals surface area (Å²) >= 11 is 1.38. The van der Waals surface area contributed by atoms with Crippen LogP contribution in [-0.2, 0) is 19.4 Å². The van der Waals surface area contributed by atoms with E-state index in [0.717, 1.165) is 0 Å². The SMILES string of the molecule is O=C(CSC1CCS(=O)(=O)C1)NCC1(O)CCOCC1. The molecule has 116 valence electrons. The molecule has 1 amide bonds. The third-order valence-electron chi connectivity index (χ3n) is 3.68. The molecule has 6 nitrogen and oxygen atoms in total. The van der Waals surface area contributed by atoms with Crippen molar-refractivity contribution in [2.75, 3.05) is 37.0 Å². The molecule has 2 N–H and O–H groups in total. The highest BCUT2D eigenvalue weighted by Crippen LogP contribution is 2.24. The van der Waals surface area contributed by atoms with E-state index < -0.39 is 15.4 Å². The number of ether oxygens (including phenoxy) is 1. The van der Waals surface area contributed by atoms with Crippen molar-refractivity contribution in [3.8, 4) is 0 Å². The summed E-state index contributed by atoms with van der Waals surface area (Å²) < 4.78 is 27.8. The van der Waals surface area contributed by atoms with Crippen molar-refractivity contribution in [3.63, 3.8) is 0 Å². The topological polar surface area (TPSA) is 92.7 Å². The molecule has 0 bridgehead atoms. The Labute approximate surface area is 123 Å². The van der Waals surface area contributed by atoms with Gasteiger partial charge in [0.1, 0.15) is 0 Å². The Morgan fingerprint density at radius 1 is 1.40 bits per heavy atom. The molecule has 0 saturated carbocycles. The first-order valence-corrected chi connectivity index (χ1v) is 9.64. The summed E-state index contributed by atoms with van der Waals surface area (Å²) in [4.78, 5) is 11.7. The number of aliphatic hydroxyl groups is 1. The summed E-state index contributed by atoms with van der Waals surface area (Å²) in [7, 11) is -2.89. The minimum absolute atomic E-state index is 0.0249. The molecule has 20 heavy (non-hydrogen) atoms. The van der Waals surface area contributed by atoms with Gasteiger partial charge in [0.2, 0.25) is 5.91 Å². The second-order valence-electron chi connectivity index (χ2n) is 5.45. The van der Waals surface area contributed by atoms with Crippen LogP contribution in [0.1, 0.15) is 19.3 Å². The maximum absolute atomic E-state index is 11.7. The van der Waals surface area contributed by atoms with E-state index in [4.69, 9.17) is 4.74 Å². The van der Waals surface area contributed by atoms with E-state index in [1.54, 1.807) is 0 Å². The molecule has 0 aromatic rings. The van der Waals surface area contributed by atoms with Gasteiger partial charge in [0.15, 0.2) is 9.84 Å². The van der Waals surface area contributed by atoms with Gasteiger partial charge in [-0.15, -0.1) is 11.8 Å². The van der Waals surface area contributed by atoms with Crippen LogP contribution in [0, 0.1) is 0 Å². The maximum atomic E-state index is 11.7. The minimum Gasteiger partial charge on any atom is -0.388 e. The van der Waals surface area contributed by atoms with Gasteiger partial charge in [0.05, 0.1) is 22.9 Å². The molecule has 1 unspecified atom stereocenters. The zero-order valence-electron chi connectivity index (χ0n) is 11.3. The fourth-order valence-electron chi connectivity index (χ4n) is 2.33. The Kier molecular flexibility index (Phi) is 5.33. The fourth-order valence-corrected chi connectivity index (χ4v) is 5.80. The molecule has 2 saturated heterocycles. The van der Waals surface area contributed by atoms with Crippen LogP contribution in [0.25, 0.3) is 0 Å². The highest BCUT2D eigenvalue weighted by Gasteiger charge is 2.31. The fraction of sp³-hybridized carbons (Fsp3) is 0.917. The van der Waals surface area contributed by atoms with Gasteiger partial charge in [-0.05, 0) is 6.42 Å². The maximum Gasteiger partial charge on any atom is 0.230 e. The normalized spacial score (nSPS) is 28.1. The molecule has 8 heteroatoms. The first kappa shape index (κ1) is 16.1. The number of carbonyl (C=O) groups is 1. The number of hydrogen-bond donors (Lipinski definition) is 2. The lowest BCUT2D eigenvalue weighted by atomic mass is 9.94. The van der Waals surface area contributed by atoms with Gasteiger partial charge in [0, 0.05) is 37.9 Å². The van der Waals surface area contributed by atoms with Gasteiger partial charge < -0.3 is 15.2 Å². The number of rotatable bonds is 5. The highest BCUT2D eigenvalue weighted by atomic mass is 32.2. The van der Waals surface area contributed by atoms with Crippen LogP contribution in [-0.4, -0.2) is 67.3 Å². The predicted octanol–water partition coefficient (Wildman–Crippen LogP) is -0.436. The first-order valence-electron chi connectivity index (χ1n) is 6.77. The van der Waals surface area contributed by atoms with Crippen LogP contribution in [0.2, 0.25) is 0 Å². The Morgan fingerprint density at radius 3 is 2.70 bits per heavy atom. The lowest BCUT2D eigenvalue weighted by Crippen LogP contribution is -2.47. The van der Waals surface area contributed by atoms with Gasteiger partial charge in [-0.25, -0.2) is 8.42 Å². The number of carbonyl (C=O) groups excluding carboxylic acids is 1. The van der Waals surface area contributed by atoms with Crippen molar-refractivity contribution in [2.24, 2.45) is 0 Å². The van der Waals surface area contributed by atoms with E-state index in [1.807, 2.05) is 0 Å². The van der Waals surface area contributed by atoms with E-state index >= 15 is 0 Å². The number of nitrogens with one attached hydrogen (secondary N) is 1. The summed E-state index contributed by atoms with van der Waals surface area (Å²) in [5, 5.41) is 12.9. The van der Waals surface area contributed by atoms with Crippen molar-refractivity contribution in [1.29, 1.82) is 0 Å². The molecule has 0 aromatic carbocycles. The third-order valence-corrected chi connectivity index (χ3v) is 6.96. The molecule has 1 atom stereocenters. The highest BCUT2D eigenvalue weighted by molar-refractivity contribution is 8.02. The van der Waals surface area contributed by atoms with Crippen molar-refractivity contribution in [1.82, 2.24) is 5.32 Å². The summed E-state index contributed by atoms with van der Waals surface area (Å²) in [5.41, 5.74) is -0.866. The molecule has 0 aromatic heterocycles. The molecule has 0 aliphatic carbocycles. The van der Waals surface area contributed by atoms with Gasteiger partial charge in [-0.1, -0.05) is 0 Å². The molecule has 0 radical (unpaired) electrons. The number of sulfone groups is 1. The van der Waals surface area contributed by atoms with Crippen molar-refractivity contribution < 1.29 is 23.1 Å². The zero-order chi connectivity index (χ0) is 14.6. The third kappa shape index (κ3) is 4.91. The molecule has 2 aliphatic heterocycles. The van der Waals surface area contributed by atoms with Gasteiger partial charge in [0.25, 0.3) is 0 Å². The van der Waals surface area contributed by atoms with Crippen LogP contribution < -0.4 is 5.32 Å². The summed E-state index contributed by atoms with van der Waals surface area (Å²) in [5.74, 6) is 0.490. The van der Waals surface area contributed by atoms with E-state index in [9.17, 15) is 18.3 Å². The lowest BCUT2D eigenvalue weighted by Gasteiger charge is -2.32. The molecular weight excluding hydrogens is 302 g/mol. The Bertz CT molecular complexity index is 445. The standard InChI is InChI=1S/C12H21NO5S2/c14-11(7-19-10-1-6-20(16,17)8-10)13-9-12(15)2-4-18-5-3-12/h10,15H,1-9H2,(H,13,14). The van der Waals surface area contributed by atoms with Crippen LogP contribution in [0.5, 0.6) is 0 Å².